The molecular weight excluding hydrogens is 278 g/mol. The van der Waals surface area contributed by atoms with Crippen molar-refractivity contribution < 1.29 is 9.84 Å². The highest BCUT2D eigenvalue weighted by atomic mass is 16.5. The fourth-order valence-corrected chi connectivity index (χ4v) is 3.48. The van der Waals surface area contributed by atoms with Gasteiger partial charge in [-0.3, -0.25) is 4.90 Å². The van der Waals surface area contributed by atoms with Crippen LogP contribution in [0, 0.1) is 5.92 Å². The second kappa shape index (κ2) is 7.99. The molecule has 2 fully saturated rings. The predicted octanol–water partition coefficient (Wildman–Crippen LogP) is 1.96. The van der Waals surface area contributed by atoms with Crippen molar-refractivity contribution in [1.82, 2.24) is 14.9 Å². The smallest absolute Gasteiger partial charge is 0.131 e. The Kier molecular flexibility index (Phi) is 5.76. The molecule has 0 radical (unpaired) electrons. The van der Waals surface area contributed by atoms with Gasteiger partial charge in [-0.15, -0.1) is 0 Å². The molecule has 5 nitrogen and oxygen atoms in total. The van der Waals surface area contributed by atoms with Crippen LogP contribution in [-0.2, 0) is 11.3 Å². The summed E-state index contributed by atoms with van der Waals surface area (Å²) >= 11 is 0. The maximum atomic E-state index is 9.35. The number of nitrogens with zero attached hydrogens (tertiary/aromatic N) is 3. The number of aliphatic hydroxyl groups excluding tert-OH is 1. The molecule has 1 aliphatic carbocycles. The van der Waals surface area contributed by atoms with Gasteiger partial charge in [0.05, 0.1) is 13.2 Å². The normalized spacial score (nSPS) is 25.0. The molecule has 1 unspecified atom stereocenters. The summed E-state index contributed by atoms with van der Waals surface area (Å²) in [4.78, 5) is 11.6. The number of hydrogen-bond acceptors (Lipinski definition) is 5. The summed E-state index contributed by atoms with van der Waals surface area (Å²) in [5.41, 5.74) is 1.15. The van der Waals surface area contributed by atoms with Crippen LogP contribution >= 0.6 is 0 Å². The Labute approximate surface area is 132 Å². The summed E-state index contributed by atoms with van der Waals surface area (Å²) in [5, 5.41) is 9.35. The second-order valence-electron chi connectivity index (χ2n) is 6.64. The van der Waals surface area contributed by atoms with Crippen molar-refractivity contribution in [2.45, 2.75) is 44.6 Å². The minimum absolute atomic E-state index is 0.188. The molecule has 1 saturated carbocycles. The van der Waals surface area contributed by atoms with Crippen molar-refractivity contribution >= 4 is 0 Å². The number of hydrogen-bond donors (Lipinski definition) is 1. The van der Waals surface area contributed by atoms with Crippen LogP contribution in [-0.4, -0.2) is 52.9 Å². The largest absolute Gasteiger partial charge is 0.396 e. The zero-order chi connectivity index (χ0) is 15.2. The summed E-state index contributed by atoms with van der Waals surface area (Å²) in [7, 11) is 0. The number of rotatable bonds is 4. The fourth-order valence-electron chi connectivity index (χ4n) is 3.48. The van der Waals surface area contributed by atoms with Gasteiger partial charge in [-0.1, -0.05) is 19.3 Å². The van der Waals surface area contributed by atoms with Crippen LogP contribution in [0.15, 0.2) is 12.4 Å². The number of aromatic nitrogens is 2. The van der Waals surface area contributed by atoms with Gasteiger partial charge >= 0.3 is 0 Å². The minimum Gasteiger partial charge on any atom is -0.396 e. The van der Waals surface area contributed by atoms with Gasteiger partial charge in [-0.25, -0.2) is 9.97 Å². The SMILES string of the molecule is OCC1COCCN(Cc2cnc(C3CCCCC3)nc2)C1. The lowest BCUT2D eigenvalue weighted by Gasteiger charge is -2.23. The highest BCUT2D eigenvalue weighted by molar-refractivity contribution is 5.08. The topological polar surface area (TPSA) is 58.5 Å². The molecule has 1 aromatic rings. The molecule has 1 aromatic heterocycles. The van der Waals surface area contributed by atoms with E-state index in [1.807, 2.05) is 12.4 Å². The lowest BCUT2D eigenvalue weighted by molar-refractivity contribution is 0.0958. The molecular formula is C17H27N3O2. The van der Waals surface area contributed by atoms with Gasteiger partial charge in [0, 0.05) is 56.0 Å². The fraction of sp³-hybridized carbons (Fsp3) is 0.765. The van der Waals surface area contributed by atoms with Gasteiger partial charge in [-0.2, -0.15) is 0 Å². The molecule has 0 amide bonds. The standard InChI is InChI=1S/C17H27N3O2/c21-12-15-11-20(6-7-22-13-15)10-14-8-18-17(19-9-14)16-4-2-1-3-5-16/h8-9,15-16,21H,1-7,10-13H2. The predicted molar refractivity (Wildman–Crippen MR) is 84.5 cm³/mol. The molecule has 2 aliphatic rings. The maximum Gasteiger partial charge on any atom is 0.131 e. The third kappa shape index (κ3) is 4.24. The first-order valence-corrected chi connectivity index (χ1v) is 8.57. The highest BCUT2D eigenvalue weighted by Gasteiger charge is 2.20. The van der Waals surface area contributed by atoms with E-state index in [9.17, 15) is 5.11 Å². The summed E-state index contributed by atoms with van der Waals surface area (Å²) < 4.78 is 5.53. The zero-order valence-electron chi connectivity index (χ0n) is 13.3. The first-order valence-electron chi connectivity index (χ1n) is 8.57. The summed E-state index contributed by atoms with van der Waals surface area (Å²) in [6, 6.07) is 0. The Morgan fingerprint density at radius 2 is 1.95 bits per heavy atom. The Balaban J connectivity index is 1.57. The van der Waals surface area contributed by atoms with Gasteiger partial charge in [0.2, 0.25) is 0 Å². The average Bonchev–Trinajstić information content (AvgIpc) is 2.81. The third-order valence-corrected chi connectivity index (χ3v) is 4.78. The van der Waals surface area contributed by atoms with E-state index in [0.717, 1.165) is 37.6 Å². The Morgan fingerprint density at radius 3 is 2.68 bits per heavy atom. The van der Waals surface area contributed by atoms with Crippen LogP contribution in [0.25, 0.3) is 0 Å². The summed E-state index contributed by atoms with van der Waals surface area (Å²) in [5.74, 6) is 1.80. The van der Waals surface area contributed by atoms with Gasteiger partial charge in [0.1, 0.15) is 5.82 Å². The third-order valence-electron chi connectivity index (χ3n) is 4.78. The first-order chi connectivity index (χ1) is 10.8. The van der Waals surface area contributed by atoms with E-state index in [4.69, 9.17) is 4.74 Å². The Morgan fingerprint density at radius 1 is 1.18 bits per heavy atom. The zero-order valence-corrected chi connectivity index (χ0v) is 13.3. The molecule has 5 heteroatoms. The van der Waals surface area contributed by atoms with Crippen molar-refractivity contribution in [3.05, 3.63) is 23.8 Å². The Bertz CT molecular complexity index is 446. The first kappa shape index (κ1) is 15.8. The highest BCUT2D eigenvalue weighted by Crippen LogP contribution is 2.30. The van der Waals surface area contributed by atoms with E-state index in [0.29, 0.717) is 12.5 Å². The van der Waals surface area contributed by atoms with Crippen molar-refractivity contribution in [2.75, 3.05) is 32.9 Å². The number of ether oxygens (including phenoxy) is 1. The molecule has 1 saturated heterocycles. The lowest BCUT2D eigenvalue weighted by Crippen LogP contribution is -2.31. The van der Waals surface area contributed by atoms with E-state index in [1.54, 1.807) is 0 Å². The average molecular weight is 305 g/mol. The maximum absolute atomic E-state index is 9.35. The van der Waals surface area contributed by atoms with E-state index in [1.165, 1.54) is 32.1 Å². The molecule has 1 aliphatic heterocycles. The van der Waals surface area contributed by atoms with Crippen LogP contribution < -0.4 is 0 Å². The molecule has 0 bridgehead atoms. The van der Waals surface area contributed by atoms with E-state index >= 15 is 0 Å². The van der Waals surface area contributed by atoms with E-state index < -0.39 is 0 Å². The van der Waals surface area contributed by atoms with Crippen LogP contribution in [0.5, 0.6) is 0 Å². The van der Waals surface area contributed by atoms with Gasteiger partial charge in [-0.05, 0) is 12.8 Å². The lowest BCUT2D eigenvalue weighted by atomic mass is 9.89. The van der Waals surface area contributed by atoms with Gasteiger partial charge < -0.3 is 9.84 Å². The molecule has 122 valence electrons. The summed E-state index contributed by atoms with van der Waals surface area (Å²) in [6.07, 6.45) is 10.4. The molecule has 22 heavy (non-hydrogen) atoms. The monoisotopic (exact) mass is 305 g/mol. The van der Waals surface area contributed by atoms with E-state index in [2.05, 4.69) is 14.9 Å². The molecule has 1 atom stereocenters. The van der Waals surface area contributed by atoms with Crippen molar-refractivity contribution in [3.63, 3.8) is 0 Å². The molecule has 3 rings (SSSR count). The van der Waals surface area contributed by atoms with Gasteiger partial charge in [0.25, 0.3) is 0 Å². The molecule has 1 N–H and O–H groups in total. The van der Waals surface area contributed by atoms with Crippen LogP contribution in [0.2, 0.25) is 0 Å². The van der Waals surface area contributed by atoms with Gasteiger partial charge in [0.15, 0.2) is 0 Å². The Hall–Kier alpha value is -1.04. The van der Waals surface area contributed by atoms with Crippen LogP contribution in [0.4, 0.5) is 0 Å². The molecule has 2 heterocycles. The molecule has 0 spiro atoms. The quantitative estimate of drug-likeness (QED) is 0.921. The number of aliphatic hydroxyl groups is 1. The van der Waals surface area contributed by atoms with Crippen molar-refractivity contribution in [3.8, 4) is 0 Å². The second-order valence-corrected chi connectivity index (χ2v) is 6.64. The van der Waals surface area contributed by atoms with Crippen LogP contribution in [0.1, 0.15) is 49.4 Å². The minimum atomic E-state index is 0.188. The van der Waals surface area contributed by atoms with E-state index in [-0.39, 0.29) is 12.5 Å². The van der Waals surface area contributed by atoms with Crippen molar-refractivity contribution in [1.29, 1.82) is 0 Å². The van der Waals surface area contributed by atoms with Crippen molar-refractivity contribution in [2.24, 2.45) is 5.92 Å². The molecule has 0 aromatic carbocycles. The summed E-state index contributed by atoms with van der Waals surface area (Å²) in [6.45, 7) is 4.20. The van der Waals surface area contributed by atoms with Crippen LogP contribution in [0.3, 0.4) is 0 Å².